The molecular weight excluding hydrogens is 278 g/mol. The molecule has 1 aromatic rings. The Morgan fingerprint density at radius 2 is 1.82 bits per heavy atom. The minimum absolute atomic E-state index is 0.0115. The van der Waals surface area contributed by atoms with E-state index in [1.807, 2.05) is 31.2 Å². The molecular formula is C18H27NO3. The third kappa shape index (κ3) is 8.45. The van der Waals surface area contributed by atoms with Crippen LogP contribution in [-0.4, -0.2) is 25.0 Å². The van der Waals surface area contributed by atoms with E-state index in [9.17, 15) is 9.59 Å². The number of hydrogen-bond acceptors (Lipinski definition) is 3. The average Bonchev–Trinajstić information content (AvgIpc) is 2.51. The van der Waals surface area contributed by atoms with Crippen molar-refractivity contribution in [3.63, 3.8) is 0 Å². The standard InChI is InChI=1S/C18H27NO3/c1-3-4-5-6-18(21)22-14-13-19-17(20)12-11-16-9-7-15(2)8-10-16/h7-10H,3-6,11-14H2,1-2H3,(H,19,20). The van der Waals surface area contributed by atoms with Gasteiger partial charge in [0, 0.05) is 12.8 Å². The molecule has 0 spiro atoms. The van der Waals surface area contributed by atoms with Crippen molar-refractivity contribution in [3.8, 4) is 0 Å². The van der Waals surface area contributed by atoms with Crippen molar-refractivity contribution in [2.45, 2.75) is 52.4 Å². The van der Waals surface area contributed by atoms with Crippen molar-refractivity contribution in [2.24, 2.45) is 0 Å². The molecule has 122 valence electrons. The molecule has 0 saturated heterocycles. The van der Waals surface area contributed by atoms with Gasteiger partial charge in [-0.25, -0.2) is 0 Å². The number of benzene rings is 1. The number of amides is 1. The van der Waals surface area contributed by atoms with E-state index in [0.29, 0.717) is 19.4 Å². The van der Waals surface area contributed by atoms with Gasteiger partial charge in [-0.1, -0.05) is 49.6 Å². The summed E-state index contributed by atoms with van der Waals surface area (Å²) in [5.74, 6) is -0.190. The predicted molar refractivity (Wildman–Crippen MR) is 87.6 cm³/mol. The first-order chi connectivity index (χ1) is 10.6. The summed E-state index contributed by atoms with van der Waals surface area (Å²) in [5.41, 5.74) is 2.37. The Hall–Kier alpha value is -1.84. The quantitative estimate of drug-likeness (QED) is 0.533. The predicted octanol–water partition coefficient (Wildman–Crippen LogP) is 3.17. The summed E-state index contributed by atoms with van der Waals surface area (Å²) in [6.07, 6.45) is 4.65. The minimum atomic E-state index is -0.178. The number of aryl methyl sites for hydroxylation is 2. The van der Waals surface area contributed by atoms with Gasteiger partial charge >= 0.3 is 5.97 Å². The van der Waals surface area contributed by atoms with Crippen LogP contribution in [0.2, 0.25) is 0 Å². The number of carbonyl (C=O) groups excluding carboxylic acids is 2. The Morgan fingerprint density at radius 3 is 2.50 bits per heavy atom. The second-order valence-corrected chi connectivity index (χ2v) is 5.51. The maximum Gasteiger partial charge on any atom is 0.305 e. The molecule has 1 rings (SSSR count). The number of unbranched alkanes of at least 4 members (excludes halogenated alkanes) is 2. The van der Waals surface area contributed by atoms with E-state index in [4.69, 9.17) is 4.74 Å². The van der Waals surface area contributed by atoms with Crippen LogP contribution in [0, 0.1) is 6.92 Å². The first-order valence-electron chi connectivity index (χ1n) is 8.09. The lowest BCUT2D eigenvalue weighted by molar-refractivity contribution is -0.144. The fourth-order valence-electron chi connectivity index (χ4n) is 2.05. The molecule has 0 heterocycles. The van der Waals surface area contributed by atoms with Crippen LogP contribution in [0.4, 0.5) is 0 Å². The Kier molecular flexibility index (Phi) is 8.96. The zero-order valence-electron chi connectivity index (χ0n) is 13.7. The van der Waals surface area contributed by atoms with E-state index in [0.717, 1.165) is 31.2 Å². The van der Waals surface area contributed by atoms with E-state index in [2.05, 4.69) is 12.2 Å². The Balaban J connectivity index is 2.06. The number of ether oxygens (including phenoxy) is 1. The van der Waals surface area contributed by atoms with Crippen molar-refractivity contribution >= 4 is 11.9 Å². The zero-order valence-corrected chi connectivity index (χ0v) is 13.7. The Morgan fingerprint density at radius 1 is 1.09 bits per heavy atom. The van der Waals surface area contributed by atoms with Crippen LogP contribution < -0.4 is 5.32 Å². The van der Waals surface area contributed by atoms with Crippen LogP contribution in [0.25, 0.3) is 0 Å². The summed E-state index contributed by atoms with van der Waals surface area (Å²) in [7, 11) is 0. The van der Waals surface area contributed by atoms with E-state index >= 15 is 0 Å². The molecule has 0 aliphatic carbocycles. The number of carbonyl (C=O) groups is 2. The van der Waals surface area contributed by atoms with Gasteiger partial charge in [0.1, 0.15) is 6.61 Å². The van der Waals surface area contributed by atoms with Crippen LogP contribution >= 0.6 is 0 Å². The lowest BCUT2D eigenvalue weighted by Gasteiger charge is -2.07. The highest BCUT2D eigenvalue weighted by molar-refractivity contribution is 5.76. The highest BCUT2D eigenvalue weighted by Gasteiger charge is 2.04. The van der Waals surface area contributed by atoms with Gasteiger partial charge in [0.2, 0.25) is 5.91 Å². The number of hydrogen-bond donors (Lipinski definition) is 1. The summed E-state index contributed by atoms with van der Waals surface area (Å²) >= 11 is 0. The summed E-state index contributed by atoms with van der Waals surface area (Å²) < 4.78 is 5.06. The molecule has 0 aromatic heterocycles. The van der Waals surface area contributed by atoms with Crippen molar-refractivity contribution in [2.75, 3.05) is 13.2 Å². The first-order valence-corrected chi connectivity index (χ1v) is 8.09. The van der Waals surface area contributed by atoms with Gasteiger partial charge in [-0.05, 0) is 25.3 Å². The first kappa shape index (κ1) is 18.2. The fourth-order valence-corrected chi connectivity index (χ4v) is 2.05. The van der Waals surface area contributed by atoms with Crippen molar-refractivity contribution in [3.05, 3.63) is 35.4 Å². The average molecular weight is 305 g/mol. The maximum absolute atomic E-state index is 11.7. The minimum Gasteiger partial charge on any atom is -0.464 e. The third-order valence-electron chi connectivity index (χ3n) is 3.43. The summed E-state index contributed by atoms with van der Waals surface area (Å²) in [6, 6.07) is 8.18. The largest absolute Gasteiger partial charge is 0.464 e. The highest BCUT2D eigenvalue weighted by Crippen LogP contribution is 2.05. The van der Waals surface area contributed by atoms with Gasteiger partial charge in [0.05, 0.1) is 6.54 Å². The molecule has 0 bridgehead atoms. The van der Waals surface area contributed by atoms with Gasteiger partial charge in [0.15, 0.2) is 0 Å². The normalized spacial score (nSPS) is 10.3. The number of rotatable bonds is 10. The molecule has 0 aliphatic rings. The van der Waals surface area contributed by atoms with Gasteiger partial charge in [-0.3, -0.25) is 9.59 Å². The zero-order chi connectivity index (χ0) is 16.2. The smallest absolute Gasteiger partial charge is 0.305 e. The summed E-state index contributed by atoms with van der Waals surface area (Å²) in [4.78, 5) is 23.1. The SMILES string of the molecule is CCCCCC(=O)OCCNC(=O)CCc1ccc(C)cc1. The molecule has 22 heavy (non-hydrogen) atoms. The van der Waals surface area contributed by atoms with E-state index in [-0.39, 0.29) is 18.5 Å². The molecule has 0 radical (unpaired) electrons. The summed E-state index contributed by atoms with van der Waals surface area (Å²) in [5, 5.41) is 2.77. The van der Waals surface area contributed by atoms with Gasteiger partial charge in [-0.15, -0.1) is 0 Å². The molecule has 4 nitrogen and oxygen atoms in total. The molecule has 0 aliphatic heterocycles. The molecule has 1 aromatic carbocycles. The second kappa shape index (κ2) is 10.8. The van der Waals surface area contributed by atoms with Crippen molar-refractivity contribution in [1.82, 2.24) is 5.32 Å². The lowest BCUT2D eigenvalue weighted by Crippen LogP contribution is -2.28. The molecule has 4 heteroatoms. The topological polar surface area (TPSA) is 55.4 Å². The van der Waals surface area contributed by atoms with Crippen molar-refractivity contribution in [1.29, 1.82) is 0 Å². The van der Waals surface area contributed by atoms with E-state index < -0.39 is 0 Å². The van der Waals surface area contributed by atoms with Crippen LogP contribution in [0.3, 0.4) is 0 Å². The maximum atomic E-state index is 11.7. The molecule has 0 saturated carbocycles. The number of nitrogens with one attached hydrogen (secondary N) is 1. The lowest BCUT2D eigenvalue weighted by atomic mass is 10.1. The summed E-state index contributed by atoms with van der Waals surface area (Å²) in [6.45, 7) is 4.77. The van der Waals surface area contributed by atoms with Crippen LogP contribution in [0.1, 0.15) is 50.2 Å². The van der Waals surface area contributed by atoms with Crippen LogP contribution in [0.15, 0.2) is 24.3 Å². The van der Waals surface area contributed by atoms with Crippen LogP contribution in [-0.2, 0) is 20.7 Å². The molecule has 0 atom stereocenters. The molecule has 1 amide bonds. The Labute approximate surface area is 133 Å². The Bertz CT molecular complexity index is 454. The van der Waals surface area contributed by atoms with Gasteiger partial charge < -0.3 is 10.1 Å². The highest BCUT2D eigenvalue weighted by atomic mass is 16.5. The van der Waals surface area contributed by atoms with Crippen LogP contribution in [0.5, 0.6) is 0 Å². The van der Waals surface area contributed by atoms with Gasteiger partial charge in [-0.2, -0.15) is 0 Å². The van der Waals surface area contributed by atoms with E-state index in [1.54, 1.807) is 0 Å². The fraction of sp³-hybridized carbons (Fsp3) is 0.556. The molecule has 0 unspecified atom stereocenters. The number of esters is 1. The van der Waals surface area contributed by atoms with Crippen molar-refractivity contribution < 1.29 is 14.3 Å². The third-order valence-corrected chi connectivity index (χ3v) is 3.43. The molecule has 0 fully saturated rings. The van der Waals surface area contributed by atoms with E-state index in [1.165, 1.54) is 5.56 Å². The molecule has 1 N–H and O–H groups in total. The monoisotopic (exact) mass is 305 g/mol. The second-order valence-electron chi connectivity index (χ2n) is 5.51. The van der Waals surface area contributed by atoms with Gasteiger partial charge in [0.25, 0.3) is 0 Å².